The predicted molar refractivity (Wildman–Crippen MR) is 237 cm³/mol. The van der Waals surface area contributed by atoms with Crippen LogP contribution in [0.4, 0.5) is 5.69 Å². The molecule has 9 atom stereocenters. The van der Waals surface area contributed by atoms with Crippen LogP contribution in [0.1, 0.15) is 110 Å². The number of benzene rings is 2. The summed E-state index contributed by atoms with van der Waals surface area (Å²) in [6.45, 7) is 17.5. The number of phenols is 2. The van der Waals surface area contributed by atoms with E-state index in [-0.39, 0.29) is 55.4 Å². The molecule has 4 aliphatic rings. The van der Waals surface area contributed by atoms with E-state index < -0.39 is 82.9 Å². The number of carbonyl (C=O) groups excluding carboxylic acids is 3. The molecule has 0 saturated carbocycles. The smallest absolute Gasteiger partial charge is 0.312 e. The monoisotopic (exact) mass is 874 g/mol. The second-order valence-electron chi connectivity index (χ2n) is 18.2. The van der Waals surface area contributed by atoms with E-state index in [1.54, 1.807) is 65.8 Å². The van der Waals surface area contributed by atoms with Gasteiger partial charge in [-0.2, -0.15) is 0 Å². The molecule has 4 bridgehead atoms. The molecule has 1 spiro atoms. The summed E-state index contributed by atoms with van der Waals surface area (Å²) < 4.78 is 24.0. The number of aliphatic hydroxyl groups is 2. The Balaban J connectivity index is 1.51. The number of fused-ring (bicyclic) bond motifs is 1. The molecule has 15 heteroatoms. The maximum absolute atomic E-state index is 14.8. The van der Waals surface area contributed by atoms with Gasteiger partial charge in [0.05, 0.1) is 40.9 Å². The standard InChI is InChI=1S/C48H66N4O11/c1-11-12-13-14-21-52-22-19-48(20-23-52)50-36-33-34-41(56)30(7)44-35(33)45(58)47(9,63-44)61-24-18-32(60-10)27(4)43(62-31(8)53)29(6)40(55)28(5)39(54)25(2)16-15-17-26(3)46(59)49-38(42(34)57)37(36)51-48/h15-18,24-25,27-29,32,39-40,43,54-57H,11-14,19-23H2,1-10H3,(H,49,59)/b16-15+,24-18+,26-17-/t25-,27+,28+,29+,32-,39-,40+,43+,47-/m0/s1. The Kier molecular flexibility index (Phi) is 14.4. The lowest BCUT2D eigenvalue weighted by molar-refractivity contribution is -0.160. The summed E-state index contributed by atoms with van der Waals surface area (Å²) in [5.41, 5.74) is -0.545. The molecule has 2 aromatic carbocycles. The summed E-state index contributed by atoms with van der Waals surface area (Å²) in [6.07, 6.45) is 9.68. The molecule has 2 aromatic rings. The lowest BCUT2D eigenvalue weighted by Crippen LogP contribution is -2.46. The molecule has 0 aliphatic carbocycles. The third-order valence-electron chi connectivity index (χ3n) is 13.6. The first-order valence-electron chi connectivity index (χ1n) is 22.4. The van der Waals surface area contributed by atoms with Crippen molar-refractivity contribution in [1.82, 2.24) is 4.90 Å². The highest BCUT2D eigenvalue weighted by Crippen LogP contribution is 2.50. The predicted octanol–water partition coefficient (Wildman–Crippen LogP) is 5.67. The molecule has 5 N–H and O–H groups in total. The molecule has 1 amide bonds. The number of rotatable bonds is 7. The fourth-order valence-corrected chi connectivity index (χ4v) is 9.49. The van der Waals surface area contributed by atoms with Crippen LogP contribution in [0.15, 0.2) is 46.1 Å². The number of Topliss-reactive ketones (excluding diaryl/α,β-unsaturated/α-hetero) is 1. The van der Waals surface area contributed by atoms with Crippen molar-refractivity contribution in [3.8, 4) is 17.2 Å². The summed E-state index contributed by atoms with van der Waals surface area (Å²) in [4.78, 5) is 53.9. The van der Waals surface area contributed by atoms with Crippen molar-refractivity contribution in [2.45, 2.75) is 137 Å². The number of piperidine rings is 1. The number of unbranched alkanes of at least 4 members (excludes halogenated alkanes) is 3. The molecule has 1 fully saturated rings. The highest BCUT2D eigenvalue weighted by atomic mass is 16.7. The minimum atomic E-state index is -1.96. The van der Waals surface area contributed by atoms with Crippen LogP contribution in [0, 0.1) is 30.6 Å². The van der Waals surface area contributed by atoms with Gasteiger partial charge < -0.3 is 49.6 Å². The van der Waals surface area contributed by atoms with E-state index in [0.29, 0.717) is 12.8 Å². The first kappa shape index (κ1) is 47.6. The lowest BCUT2D eigenvalue weighted by atomic mass is 9.78. The molecule has 63 heavy (non-hydrogen) atoms. The number of amides is 1. The van der Waals surface area contributed by atoms with Crippen LogP contribution in [0.25, 0.3) is 10.8 Å². The molecule has 15 nitrogen and oxygen atoms in total. The Labute approximate surface area is 369 Å². The molecular formula is C48H66N4O11. The first-order valence-corrected chi connectivity index (χ1v) is 22.4. The minimum Gasteiger partial charge on any atom is -0.507 e. The molecule has 4 heterocycles. The third-order valence-corrected chi connectivity index (χ3v) is 13.6. The quantitative estimate of drug-likeness (QED) is 0.130. The molecule has 0 unspecified atom stereocenters. The van der Waals surface area contributed by atoms with Gasteiger partial charge in [-0.25, -0.2) is 0 Å². The fourth-order valence-electron chi connectivity index (χ4n) is 9.49. The molecule has 0 aromatic heterocycles. The average Bonchev–Trinajstić information content (AvgIpc) is 3.75. The number of aliphatic hydroxyl groups excluding tert-OH is 2. The van der Waals surface area contributed by atoms with Crippen molar-refractivity contribution < 1.29 is 53.8 Å². The van der Waals surface area contributed by atoms with Crippen LogP contribution < -0.4 is 20.8 Å². The van der Waals surface area contributed by atoms with E-state index in [1.807, 2.05) is 0 Å². The third kappa shape index (κ3) is 9.25. The van der Waals surface area contributed by atoms with Crippen molar-refractivity contribution in [1.29, 1.82) is 0 Å². The van der Waals surface area contributed by atoms with Crippen molar-refractivity contribution in [3.05, 3.63) is 58.0 Å². The minimum absolute atomic E-state index is 0.0421. The number of ketones is 1. The van der Waals surface area contributed by atoms with Gasteiger partial charge in [-0.15, -0.1) is 0 Å². The van der Waals surface area contributed by atoms with Crippen molar-refractivity contribution in [2.75, 3.05) is 32.1 Å². The molecular weight excluding hydrogens is 809 g/mol. The summed E-state index contributed by atoms with van der Waals surface area (Å²) in [5.74, 6) is -6.87. The van der Waals surface area contributed by atoms with Crippen LogP contribution in [0.5, 0.6) is 17.2 Å². The number of hydrogen-bond donors (Lipinski definition) is 5. The zero-order valence-electron chi connectivity index (χ0n) is 38.4. The van der Waals surface area contributed by atoms with Crippen LogP contribution in [0.2, 0.25) is 0 Å². The first-order chi connectivity index (χ1) is 29.8. The zero-order chi connectivity index (χ0) is 46.1. The van der Waals surface area contributed by atoms with Gasteiger partial charge in [0.15, 0.2) is 11.4 Å². The van der Waals surface area contributed by atoms with Crippen molar-refractivity contribution in [2.24, 2.45) is 33.7 Å². The molecule has 344 valence electrons. The number of carbonyl (C=O) groups is 3. The number of allylic oxidation sites excluding steroid dienone is 2. The van der Waals surface area contributed by atoms with Gasteiger partial charge >= 0.3 is 11.8 Å². The Hall–Kier alpha value is -4.83. The summed E-state index contributed by atoms with van der Waals surface area (Å²) in [6, 6.07) is 0. The number of ether oxygens (including phenoxy) is 4. The molecule has 0 radical (unpaired) electrons. The van der Waals surface area contributed by atoms with Crippen LogP contribution in [0.3, 0.4) is 0 Å². The Morgan fingerprint density at radius 1 is 0.937 bits per heavy atom. The lowest BCUT2D eigenvalue weighted by Gasteiger charge is -2.38. The summed E-state index contributed by atoms with van der Waals surface area (Å²) in [7, 11) is 1.47. The number of methoxy groups -OCH3 is 1. The van der Waals surface area contributed by atoms with Crippen LogP contribution in [-0.4, -0.2) is 106 Å². The summed E-state index contributed by atoms with van der Waals surface area (Å²) in [5, 5.41) is 50.3. The maximum Gasteiger partial charge on any atom is 0.312 e. The molecule has 4 aliphatic heterocycles. The van der Waals surface area contributed by atoms with E-state index in [4.69, 9.17) is 28.9 Å². The van der Waals surface area contributed by atoms with Gasteiger partial charge in [-0.1, -0.05) is 72.1 Å². The zero-order valence-corrected chi connectivity index (χ0v) is 38.4. The number of likely N-dealkylation sites (tertiary alicyclic amines) is 1. The van der Waals surface area contributed by atoms with E-state index >= 15 is 0 Å². The van der Waals surface area contributed by atoms with E-state index in [2.05, 4.69) is 17.1 Å². The van der Waals surface area contributed by atoms with Gasteiger partial charge in [0.25, 0.3) is 11.7 Å². The second kappa shape index (κ2) is 19.1. The number of esters is 1. The number of anilines is 1. The van der Waals surface area contributed by atoms with Gasteiger partial charge in [-0.05, 0) is 32.9 Å². The van der Waals surface area contributed by atoms with Gasteiger partial charge in [-0.3, -0.25) is 24.4 Å². The average molecular weight is 875 g/mol. The SMILES string of the molecule is CCCCCCN1CCC2(CC1)N=c1c3c(O)c4c(O)c(C)c5c(c4c1=N2)C(=O)[C@@](C)(O/C=C/[C@H](OC)[C@@H](C)[C@@H](OC(C)=O)[C@H](C)[C@H](O)[C@H](C)[C@@H](O)[C@@H](C)/C=C/C=C(/C)C(=O)N3)O5. The Bertz CT molecular complexity index is 2320. The normalized spacial score (nSPS) is 31.9. The Morgan fingerprint density at radius 3 is 2.27 bits per heavy atom. The van der Waals surface area contributed by atoms with Gasteiger partial charge in [0.2, 0.25) is 0 Å². The van der Waals surface area contributed by atoms with E-state index in [1.165, 1.54) is 33.6 Å². The largest absolute Gasteiger partial charge is 0.507 e. The number of phenolic OH excluding ortho intramolecular Hbond substituents is 2. The van der Waals surface area contributed by atoms with Gasteiger partial charge in [0, 0.05) is 87.1 Å². The molecule has 6 rings (SSSR count). The van der Waals surface area contributed by atoms with Crippen molar-refractivity contribution in [3.63, 3.8) is 0 Å². The van der Waals surface area contributed by atoms with E-state index in [9.17, 15) is 34.8 Å². The number of aromatic hydroxyl groups is 2. The van der Waals surface area contributed by atoms with Crippen LogP contribution >= 0.6 is 0 Å². The summed E-state index contributed by atoms with van der Waals surface area (Å²) >= 11 is 0. The van der Waals surface area contributed by atoms with Gasteiger partial charge in [0.1, 0.15) is 28.6 Å². The fraction of sp³-hybridized carbons (Fsp3) is 0.604. The number of nitrogens with one attached hydrogen (secondary N) is 1. The Morgan fingerprint density at radius 2 is 1.62 bits per heavy atom. The highest BCUT2D eigenvalue weighted by molar-refractivity contribution is 6.19. The molecule has 1 saturated heterocycles. The number of nitrogens with zero attached hydrogens (tertiary/aromatic N) is 3. The van der Waals surface area contributed by atoms with Crippen LogP contribution in [-0.2, 0) is 23.8 Å². The van der Waals surface area contributed by atoms with E-state index in [0.717, 1.165) is 38.9 Å². The maximum atomic E-state index is 14.8. The number of hydrogen-bond acceptors (Lipinski definition) is 14. The topological polar surface area (TPSA) is 209 Å². The second-order valence-corrected chi connectivity index (χ2v) is 18.2. The highest BCUT2D eigenvalue weighted by Gasteiger charge is 2.50. The van der Waals surface area contributed by atoms with Crippen molar-refractivity contribution >= 4 is 34.1 Å².